The van der Waals surface area contributed by atoms with Gasteiger partial charge in [0.1, 0.15) is 10.8 Å². The Hall–Kier alpha value is -2.38. The van der Waals surface area contributed by atoms with Crippen LogP contribution in [0.3, 0.4) is 0 Å². The molecule has 0 saturated heterocycles. The van der Waals surface area contributed by atoms with E-state index in [1.807, 2.05) is 67.8 Å². The second-order valence-electron chi connectivity index (χ2n) is 5.97. The lowest BCUT2D eigenvalue weighted by Gasteiger charge is -2.20. The standard InChI is InChI=1S/C20H22N2O3S2/c1-4-22(27(3,23)24)17-11-9-15(10-12-17)19-14-26-20(21-19)16-7-6-8-18(13-16)25-5-2/h6-14H,4-5H2,1-3H3. The molecule has 0 aliphatic heterocycles. The minimum atomic E-state index is -3.28. The van der Waals surface area contributed by atoms with Crippen LogP contribution in [-0.2, 0) is 10.0 Å². The highest BCUT2D eigenvalue weighted by atomic mass is 32.2. The summed E-state index contributed by atoms with van der Waals surface area (Å²) < 4.78 is 30.6. The Kier molecular flexibility index (Phi) is 5.82. The first-order valence-electron chi connectivity index (χ1n) is 8.69. The summed E-state index contributed by atoms with van der Waals surface area (Å²) in [5.41, 5.74) is 3.49. The molecule has 27 heavy (non-hydrogen) atoms. The number of nitrogens with zero attached hydrogens (tertiary/aromatic N) is 2. The van der Waals surface area contributed by atoms with Crippen molar-refractivity contribution in [3.63, 3.8) is 0 Å². The summed E-state index contributed by atoms with van der Waals surface area (Å²) in [6, 6.07) is 15.3. The van der Waals surface area contributed by atoms with Crippen LogP contribution in [0.4, 0.5) is 5.69 Å². The highest BCUT2D eigenvalue weighted by Gasteiger charge is 2.15. The van der Waals surface area contributed by atoms with Gasteiger partial charge < -0.3 is 4.74 Å². The van der Waals surface area contributed by atoms with Gasteiger partial charge in [0, 0.05) is 23.1 Å². The van der Waals surface area contributed by atoms with Gasteiger partial charge in [-0.05, 0) is 38.1 Å². The Morgan fingerprint density at radius 1 is 1.07 bits per heavy atom. The molecular formula is C20H22N2O3S2. The topological polar surface area (TPSA) is 59.5 Å². The van der Waals surface area contributed by atoms with Gasteiger partial charge in [0.15, 0.2) is 0 Å². The van der Waals surface area contributed by atoms with E-state index in [4.69, 9.17) is 9.72 Å². The molecule has 7 heteroatoms. The van der Waals surface area contributed by atoms with Gasteiger partial charge in [-0.2, -0.15) is 0 Å². The molecular weight excluding hydrogens is 380 g/mol. The summed E-state index contributed by atoms with van der Waals surface area (Å²) >= 11 is 1.57. The van der Waals surface area contributed by atoms with Gasteiger partial charge in [0.05, 0.1) is 24.2 Å². The van der Waals surface area contributed by atoms with E-state index < -0.39 is 10.0 Å². The number of anilines is 1. The first kappa shape index (κ1) is 19.4. The molecule has 0 atom stereocenters. The van der Waals surface area contributed by atoms with Crippen LogP contribution in [0.2, 0.25) is 0 Å². The third-order valence-electron chi connectivity index (χ3n) is 4.03. The third-order valence-corrected chi connectivity index (χ3v) is 6.20. The fourth-order valence-electron chi connectivity index (χ4n) is 2.83. The minimum absolute atomic E-state index is 0.398. The van der Waals surface area contributed by atoms with Crippen molar-refractivity contribution in [1.29, 1.82) is 0 Å². The van der Waals surface area contributed by atoms with E-state index in [1.165, 1.54) is 10.6 Å². The van der Waals surface area contributed by atoms with E-state index >= 15 is 0 Å². The van der Waals surface area contributed by atoms with E-state index in [-0.39, 0.29) is 0 Å². The van der Waals surface area contributed by atoms with Crippen molar-refractivity contribution in [3.8, 4) is 27.6 Å². The summed E-state index contributed by atoms with van der Waals surface area (Å²) in [5.74, 6) is 0.830. The van der Waals surface area contributed by atoms with Gasteiger partial charge in [-0.15, -0.1) is 11.3 Å². The summed E-state index contributed by atoms with van der Waals surface area (Å²) in [4.78, 5) is 4.73. The summed E-state index contributed by atoms with van der Waals surface area (Å²) in [5, 5.41) is 2.92. The lowest BCUT2D eigenvalue weighted by atomic mass is 10.1. The van der Waals surface area contributed by atoms with E-state index in [9.17, 15) is 8.42 Å². The van der Waals surface area contributed by atoms with Crippen LogP contribution >= 0.6 is 11.3 Å². The first-order chi connectivity index (χ1) is 12.9. The summed E-state index contributed by atoms with van der Waals surface area (Å²) in [6.07, 6.45) is 1.22. The smallest absolute Gasteiger partial charge is 0.232 e. The number of ether oxygens (including phenoxy) is 1. The van der Waals surface area contributed by atoms with E-state index in [0.29, 0.717) is 18.8 Å². The van der Waals surface area contributed by atoms with Crippen molar-refractivity contribution in [1.82, 2.24) is 4.98 Å². The molecule has 0 fully saturated rings. The van der Waals surface area contributed by atoms with Crippen molar-refractivity contribution in [3.05, 3.63) is 53.9 Å². The van der Waals surface area contributed by atoms with Crippen molar-refractivity contribution in [2.75, 3.05) is 23.7 Å². The van der Waals surface area contributed by atoms with Crippen LogP contribution in [0.25, 0.3) is 21.8 Å². The number of hydrogen-bond acceptors (Lipinski definition) is 5. The molecule has 3 aromatic rings. The molecule has 0 aliphatic carbocycles. The molecule has 0 bridgehead atoms. The monoisotopic (exact) mass is 402 g/mol. The zero-order valence-electron chi connectivity index (χ0n) is 15.5. The Morgan fingerprint density at radius 2 is 1.81 bits per heavy atom. The van der Waals surface area contributed by atoms with Gasteiger partial charge in [-0.1, -0.05) is 24.3 Å². The number of rotatable bonds is 7. The quantitative estimate of drug-likeness (QED) is 0.577. The van der Waals surface area contributed by atoms with Crippen LogP contribution in [0.5, 0.6) is 5.75 Å². The van der Waals surface area contributed by atoms with Crippen LogP contribution in [0.15, 0.2) is 53.9 Å². The molecule has 1 aromatic heterocycles. The van der Waals surface area contributed by atoms with Crippen molar-refractivity contribution in [2.45, 2.75) is 13.8 Å². The average Bonchev–Trinajstić information content (AvgIpc) is 3.12. The molecule has 5 nitrogen and oxygen atoms in total. The molecule has 0 unspecified atom stereocenters. The second kappa shape index (κ2) is 8.10. The van der Waals surface area contributed by atoms with Crippen LogP contribution in [0.1, 0.15) is 13.8 Å². The molecule has 0 amide bonds. The van der Waals surface area contributed by atoms with Crippen molar-refractivity contribution in [2.24, 2.45) is 0 Å². The van der Waals surface area contributed by atoms with Gasteiger partial charge in [0.2, 0.25) is 10.0 Å². The Bertz CT molecular complexity index is 1010. The molecule has 0 N–H and O–H groups in total. The highest BCUT2D eigenvalue weighted by Crippen LogP contribution is 2.31. The first-order valence-corrected chi connectivity index (χ1v) is 11.4. The van der Waals surface area contributed by atoms with E-state index in [1.54, 1.807) is 11.3 Å². The fourth-order valence-corrected chi connectivity index (χ4v) is 4.63. The Labute approximate surface area is 164 Å². The maximum atomic E-state index is 11.9. The molecule has 0 saturated carbocycles. The molecule has 0 spiro atoms. The number of hydrogen-bond donors (Lipinski definition) is 0. The van der Waals surface area contributed by atoms with Gasteiger partial charge in [-0.25, -0.2) is 13.4 Å². The predicted molar refractivity (Wildman–Crippen MR) is 112 cm³/mol. The Morgan fingerprint density at radius 3 is 2.44 bits per heavy atom. The van der Waals surface area contributed by atoms with Crippen LogP contribution in [0, 0.1) is 0 Å². The fraction of sp³-hybridized carbons (Fsp3) is 0.250. The second-order valence-corrected chi connectivity index (χ2v) is 8.74. The zero-order valence-corrected chi connectivity index (χ0v) is 17.2. The molecule has 3 rings (SSSR count). The molecule has 142 valence electrons. The van der Waals surface area contributed by atoms with E-state index in [2.05, 4.69) is 0 Å². The largest absolute Gasteiger partial charge is 0.494 e. The number of sulfonamides is 1. The average molecular weight is 403 g/mol. The maximum absolute atomic E-state index is 11.9. The van der Waals surface area contributed by atoms with Crippen molar-refractivity contribution < 1.29 is 13.2 Å². The van der Waals surface area contributed by atoms with E-state index in [0.717, 1.165) is 27.6 Å². The SMILES string of the molecule is CCOc1cccc(-c2nc(-c3ccc(N(CC)S(C)(=O)=O)cc3)cs2)c1. The third kappa shape index (κ3) is 4.48. The molecule has 0 radical (unpaired) electrons. The molecule has 0 aliphatic rings. The molecule has 2 aromatic carbocycles. The number of benzene rings is 2. The number of thiazole rings is 1. The minimum Gasteiger partial charge on any atom is -0.494 e. The number of aromatic nitrogens is 1. The van der Waals surface area contributed by atoms with Crippen LogP contribution in [-0.4, -0.2) is 32.8 Å². The van der Waals surface area contributed by atoms with Crippen molar-refractivity contribution >= 4 is 27.0 Å². The van der Waals surface area contributed by atoms with Crippen LogP contribution < -0.4 is 9.04 Å². The normalized spacial score (nSPS) is 11.4. The van der Waals surface area contributed by atoms with Gasteiger partial charge >= 0.3 is 0 Å². The summed E-state index contributed by atoms with van der Waals surface area (Å²) in [6.45, 7) is 4.80. The highest BCUT2D eigenvalue weighted by molar-refractivity contribution is 7.92. The summed E-state index contributed by atoms with van der Waals surface area (Å²) in [7, 11) is -3.28. The predicted octanol–water partition coefficient (Wildman–Crippen LogP) is 4.66. The van der Waals surface area contributed by atoms with Gasteiger partial charge in [-0.3, -0.25) is 4.31 Å². The lowest BCUT2D eigenvalue weighted by Crippen LogP contribution is -2.29. The maximum Gasteiger partial charge on any atom is 0.232 e. The lowest BCUT2D eigenvalue weighted by molar-refractivity contribution is 0.340. The molecule has 1 heterocycles. The zero-order chi connectivity index (χ0) is 19.4. The van der Waals surface area contributed by atoms with Gasteiger partial charge in [0.25, 0.3) is 0 Å². The Balaban J connectivity index is 1.85.